The minimum atomic E-state index is -3.13. The summed E-state index contributed by atoms with van der Waals surface area (Å²) in [6.45, 7) is 11.8. The largest absolute Gasteiger partial charge is 0.357 e. The van der Waals surface area contributed by atoms with Gasteiger partial charge in [0.15, 0.2) is 5.96 Å². The summed E-state index contributed by atoms with van der Waals surface area (Å²) in [6.07, 6.45) is 3.53. The van der Waals surface area contributed by atoms with Crippen molar-refractivity contribution in [1.82, 2.24) is 15.4 Å². The molecule has 22 heavy (non-hydrogen) atoms. The van der Waals surface area contributed by atoms with Crippen LogP contribution in [0.4, 0.5) is 0 Å². The first-order valence-corrected chi connectivity index (χ1v) is 9.98. The molecule has 132 valence electrons. The zero-order chi connectivity index (χ0) is 17.0. The van der Waals surface area contributed by atoms with E-state index in [0.717, 1.165) is 24.8 Å². The molecule has 0 heterocycles. The van der Waals surface area contributed by atoms with Crippen molar-refractivity contribution in [2.45, 2.75) is 59.9 Å². The second-order valence-electron chi connectivity index (χ2n) is 5.93. The third-order valence-corrected chi connectivity index (χ3v) is 4.63. The van der Waals surface area contributed by atoms with Crippen LogP contribution in [0.5, 0.6) is 0 Å². The quantitative estimate of drug-likeness (QED) is 0.305. The molecule has 0 amide bonds. The van der Waals surface area contributed by atoms with Gasteiger partial charge in [0.05, 0.1) is 12.3 Å². The summed E-state index contributed by atoms with van der Waals surface area (Å²) in [5, 5.41) is 6.55. The predicted octanol–water partition coefficient (Wildman–Crippen LogP) is 1.70. The number of hydrogen-bond donors (Lipinski definition) is 3. The molecule has 0 aromatic carbocycles. The average molecular weight is 335 g/mol. The molecule has 0 bridgehead atoms. The van der Waals surface area contributed by atoms with Crippen LogP contribution in [0.2, 0.25) is 0 Å². The van der Waals surface area contributed by atoms with Crippen LogP contribution in [0.1, 0.15) is 53.9 Å². The molecule has 0 aliphatic carbocycles. The lowest BCUT2D eigenvalue weighted by atomic mass is 10.0. The highest BCUT2D eigenvalue weighted by molar-refractivity contribution is 7.89. The van der Waals surface area contributed by atoms with E-state index in [2.05, 4.69) is 41.1 Å². The molecule has 0 aliphatic rings. The molecule has 0 radical (unpaired) electrons. The summed E-state index contributed by atoms with van der Waals surface area (Å²) in [6, 6.07) is 0.351. The number of nitrogens with one attached hydrogen (secondary N) is 3. The highest BCUT2D eigenvalue weighted by atomic mass is 32.2. The Bertz CT molecular complexity index is 408. The Hall–Kier alpha value is -0.820. The number of nitrogens with zero attached hydrogens (tertiary/aromatic N) is 1. The van der Waals surface area contributed by atoms with E-state index in [1.54, 1.807) is 6.92 Å². The van der Waals surface area contributed by atoms with Gasteiger partial charge in [-0.3, -0.25) is 4.99 Å². The lowest BCUT2D eigenvalue weighted by Crippen LogP contribution is -2.42. The maximum absolute atomic E-state index is 11.3. The van der Waals surface area contributed by atoms with Crippen molar-refractivity contribution in [2.24, 2.45) is 10.9 Å². The molecular weight excluding hydrogens is 300 g/mol. The van der Waals surface area contributed by atoms with E-state index in [-0.39, 0.29) is 5.75 Å². The van der Waals surface area contributed by atoms with Gasteiger partial charge in [0, 0.05) is 19.1 Å². The van der Waals surface area contributed by atoms with Gasteiger partial charge in [-0.1, -0.05) is 26.7 Å². The Morgan fingerprint density at radius 1 is 1.14 bits per heavy atom. The Morgan fingerprint density at radius 2 is 1.82 bits per heavy atom. The molecular formula is C15H34N4O2S. The van der Waals surface area contributed by atoms with E-state index >= 15 is 0 Å². The van der Waals surface area contributed by atoms with Gasteiger partial charge in [0.2, 0.25) is 10.0 Å². The molecule has 0 aromatic rings. The SMILES string of the molecule is CCNC(=NCCNS(=O)(=O)CC)NC(C)CCCC(C)C. The summed E-state index contributed by atoms with van der Waals surface area (Å²) in [7, 11) is -3.13. The van der Waals surface area contributed by atoms with Crippen LogP contribution in [0.15, 0.2) is 4.99 Å². The van der Waals surface area contributed by atoms with Crippen LogP contribution in [-0.2, 0) is 10.0 Å². The van der Waals surface area contributed by atoms with Gasteiger partial charge in [-0.25, -0.2) is 13.1 Å². The summed E-state index contributed by atoms with van der Waals surface area (Å²) in [4.78, 5) is 4.40. The van der Waals surface area contributed by atoms with E-state index in [9.17, 15) is 8.42 Å². The normalized spacial score (nSPS) is 14.2. The molecule has 7 heteroatoms. The Morgan fingerprint density at radius 3 is 2.36 bits per heavy atom. The molecule has 3 N–H and O–H groups in total. The minimum Gasteiger partial charge on any atom is -0.357 e. The van der Waals surface area contributed by atoms with Gasteiger partial charge < -0.3 is 10.6 Å². The number of aliphatic imine (C=N–C) groups is 1. The van der Waals surface area contributed by atoms with Crippen LogP contribution in [-0.4, -0.2) is 45.8 Å². The van der Waals surface area contributed by atoms with Gasteiger partial charge in [-0.2, -0.15) is 0 Å². The van der Waals surface area contributed by atoms with Gasteiger partial charge in [-0.15, -0.1) is 0 Å². The van der Waals surface area contributed by atoms with Crippen LogP contribution in [0.3, 0.4) is 0 Å². The fourth-order valence-electron chi connectivity index (χ4n) is 1.93. The second-order valence-corrected chi connectivity index (χ2v) is 8.02. The third-order valence-electron chi connectivity index (χ3n) is 3.23. The number of guanidine groups is 1. The molecule has 0 fully saturated rings. The fraction of sp³-hybridized carbons (Fsp3) is 0.933. The molecule has 0 aliphatic heterocycles. The molecule has 0 aromatic heterocycles. The first kappa shape index (κ1) is 21.2. The maximum atomic E-state index is 11.3. The van der Waals surface area contributed by atoms with Crippen LogP contribution in [0, 0.1) is 5.92 Å². The number of sulfonamides is 1. The van der Waals surface area contributed by atoms with E-state index in [1.165, 1.54) is 12.8 Å². The van der Waals surface area contributed by atoms with Crippen molar-refractivity contribution in [2.75, 3.05) is 25.4 Å². The molecule has 0 saturated carbocycles. The topological polar surface area (TPSA) is 82.6 Å². The van der Waals surface area contributed by atoms with Gasteiger partial charge in [-0.05, 0) is 33.1 Å². The van der Waals surface area contributed by atoms with Gasteiger partial charge >= 0.3 is 0 Å². The van der Waals surface area contributed by atoms with Crippen LogP contribution in [0.25, 0.3) is 0 Å². The summed E-state index contributed by atoms with van der Waals surface area (Å²) in [5.41, 5.74) is 0. The molecule has 0 spiro atoms. The summed E-state index contributed by atoms with van der Waals surface area (Å²) < 4.78 is 25.2. The monoisotopic (exact) mass is 334 g/mol. The first-order chi connectivity index (χ1) is 10.3. The summed E-state index contributed by atoms with van der Waals surface area (Å²) >= 11 is 0. The van der Waals surface area contributed by atoms with Crippen molar-refractivity contribution >= 4 is 16.0 Å². The molecule has 1 unspecified atom stereocenters. The molecule has 6 nitrogen and oxygen atoms in total. The fourth-order valence-corrected chi connectivity index (χ4v) is 2.54. The Labute approximate surface area is 136 Å². The first-order valence-electron chi connectivity index (χ1n) is 8.32. The van der Waals surface area contributed by atoms with Crippen molar-refractivity contribution in [3.63, 3.8) is 0 Å². The molecule has 0 rings (SSSR count). The van der Waals surface area contributed by atoms with Crippen molar-refractivity contribution < 1.29 is 8.42 Å². The Balaban J connectivity index is 4.19. The van der Waals surface area contributed by atoms with Crippen LogP contribution < -0.4 is 15.4 Å². The van der Waals surface area contributed by atoms with E-state index < -0.39 is 10.0 Å². The highest BCUT2D eigenvalue weighted by Gasteiger charge is 2.07. The van der Waals surface area contributed by atoms with Crippen molar-refractivity contribution in [1.29, 1.82) is 0 Å². The molecule has 1 atom stereocenters. The molecule has 0 saturated heterocycles. The lowest BCUT2D eigenvalue weighted by Gasteiger charge is -2.18. The maximum Gasteiger partial charge on any atom is 0.211 e. The minimum absolute atomic E-state index is 0.0991. The Kier molecular flexibility index (Phi) is 11.3. The van der Waals surface area contributed by atoms with Gasteiger partial charge in [0.1, 0.15) is 0 Å². The average Bonchev–Trinajstić information content (AvgIpc) is 2.43. The zero-order valence-electron chi connectivity index (χ0n) is 14.8. The summed E-state index contributed by atoms with van der Waals surface area (Å²) in [5.74, 6) is 1.58. The lowest BCUT2D eigenvalue weighted by molar-refractivity contribution is 0.491. The van der Waals surface area contributed by atoms with Crippen molar-refractivity contribution in [3.8, 4) is 0 Å². The number of hydrogen-bond acceptors (Lipinski definition) is 3. The third kappa shape index (κ3) is 11.8. The van der Waals surface area contributed by atoms with Crippen molar-refractivity contribution in [3.05, 3.63) is 0 Å². The zero-order valence-corrected chi connectivity index (χ0v) is 15.6. The van der Waals surface area contributed by atoms with E-state index in [1.807, 2.05) is 6.92 Å². The smallest absolute Gasteiger partial charge is 0.211 e. The number of rotatable bonds is 11. The standard InChI is InChI=1S/C15H34N4O2S/c1-6-16-15(17-11-12-18-22(20,21)7-2)19-14(5)10-8-9-13(3)4/h13-14,18H,6-12H2,1-5H3,(H2,16,17,19). The highest BCUT2D eigenvalue weighted by Crippen LogP contribution is 2.08. The predicted molar refractivity (Wildman–Crippen MR) is 94.7 cm³/mol. The van der Waals surface area contributed by atoms with E-state index in [4.69, 9.17) is 0 Å². The second kappa shape index (κ2) is 11.7. The van der Waals surface area contributed by atoms with Gasteiger partial charge in [0.25, 0.3) is 0 Å². The van der Waals surface area contributed by atoms with E-state index in [0.29, 0.717) is 19.1 Å². The van der Waals surface area contributed by atoms with Crippen LogP contribution >= 0.6 is 0 Å².